The summed E-state index contributed by atoms with van der Waals surface area (Å²) in [6.07, 6.45) is 3.41. The highest BCUT2D eigenvalue weighted by molar-refractivity contribution is 8.71. The highest BCUT2D eigenvalue weighted by atomic mass is 33.1. The number of hydrogen-bond donors (Lipinski definition) is 1. The van der Waals surface area contributed by atoms with E-state index in [-0.39, 0.29) is 5.95 Å². The van der Waals surface area contributed by atoms with Crippen LogP contribution in [0.15, 0.2) is 5.03 Å². The molecule has 1 saturated carbocycles. The molecule has 1 fully saturated rings. The van der Waals surface area contributed by atoms with Crippen LogP contribution in [0.1, 0.15) is 23.8 Å². The molecule has 9 heteroatoms. The van der Waals surface area contributed by atoms with Crippen LogP contribution in [0.5, 0.6) is 0 Å². The molecule has 0 amide bonds. The van der Waals surface area contributed by atoms with Crippen LogP contribution in [-0.4, -0.2) is 29.6 Å². The van der Waals surface area contributed by atoms with Gasteiger partial charge in [-0.3, -0.25) is 0 Å². The summed E-state index contributed by atoms with van der Waals surface area (Å²) in [6, 6.07) is 0. The zero-order valence-corrected chi connectivity index (χ0v) is 11.9. The molecule has 2 N–H and O–H groups in total. The summed E-state index contributed by atoms with van der Waals surface area (Å²) in [6.45, 7) is 0. The first kappa shape index (κ1) is 12.1. The van der Waals surface area contributed by atoms with Crippen molar-refractivity contribution in [2.45, 2.75) is 23.8 Å². The fourth-order valence-corrected chi connectivity index (χ4v) is 4.56. The average molecular weight is 302 g/mol. The van der Waals surface area contributed by atoms with Crippen LogP contribution in [0.25, 0.3) is 10.3 Å². The zero-order valence-electron chi connectivity index (χ0n) is 9.45. The minimum absolute atomic E-state index is 0.0830. The molecule has 6 nitrogen and oxygen atoms in total. The summed E-state index contributed by atoms with van der Waals surface area (Å²) in [5.41, 5.74) is 6.14. The summed E-state index contributed by atoms with van der Waals surface area (Å²) in [5.74, 6) is 0.584. The van der Waals surface area contributed by atoms with Crippen molar-refractivity contribution in [2.75, 3.05) is 12.0 Å². The van der Waals surface area contributed by atoms with E-state index in [2.05, 4.69) is 15.0 Å². The van der Waals surface area contributed by atoms with Gasteiger partial charge in [-0.25, -0.2) is 23.4 Å². The molecule has 0 saturated heterocycles. The van der Waals surface area contributed by atoms with Crippen molar-refractivity contribution in [2.24, 2.45) is 0 Å². The van der Waals surface area contributed by atoms with Crippen molar-refractivity contribution in [3.63, 3.8) is 0 Å². The van der Waals surface area contributed by atoms with Crippen LogP contribution in [-0.2, 0) is 8.87 Å². The molecule has 1 aliphatic carbocycles. The van der Waals surface area contributed by atoms with Crippen molar-refractivity contribution in [3.05, 3.63) is 5.01 Å². The lowest BCUT2D eigenvalue weighted by molar-refractivity contribution is 0.615. The zero-order chi connectivity index (χ0) is 12.9. The number of nitrogen functional groups attached to an aromatic ring is 1. The molecule has 0 atom stereocenters. The van der Waals surface area contributed by atoms with Crippen molar-refractivity contribution in [1.82, 2.24) is 15.0 Å². The Labute approximate surface area is 111 Å². The van der Waals surface area contributed by atoms with E-state index in [9.17, 15) is 8.42 Å². The van der Waals surface area contributed by atoms with Gasteiger partial charge in [0.15, 0.2) is 0 Å². The second-order valence-corrected chi connectivity index (χ2v) is 9.44. The van der Waals surface area contributed by atoms with Crippen molar-refractivity contribution >= 4 is 47.3 Å². The number of aromatic nitrogens is 3. The summed E-state index contributed by atoms with van der Waals surface area (Å²) < 4.78 is 22.7. The highest BCUT2D eigenvalue weighted by Crippen LogP contribution is 2.44. The van der Waals surface area contributed by atoms with Gasteiger partial charge in [0.25, 0.3) is 0 Å². The van der Waals surface area contributed by atoms with E-state index < -0.39 is 8.87 Å². The second-order valence-electron chi connectivity index (χ2n) is 4.15. The van der Waals surface area contributed by atoms with Crippen LogP contribution in [0, 0.1) is 0 Å². The van der Waals surface area contributed by atoms with E-state index in [1.165, 1.54) is 11.3 Å². The van der Waals surface area contributed by atoms with Gasteiger partial charge in [-0.15, -0.1) is 0 Å². The first-order valence-electron chi connectivity index (χ1n) is 5.26. The number of rotatable bonds is 3. The molecule has 0 aliphatic heterocycles. The Kier molecular flexibility index (Phi) is 2.72. The van der Waals surface area contributed by atoms with E-state index in [1.54, 1.807) is 0 Å². The molecule has 2 aromatic rings. The Morgan fingerprint density at radius 2 is 2.06 bits per heavy atom. The maximum Gasteiger partial charge on any atom is 0.222 e. The van der Waals surface area contributed by atoms with Crippen LogP contribution < -0.4 is 5.73 Å². The lowest BCUT2D eigenvalue weighted by Crippen LogP contribution is -1.98. The molecule has 96 valence electrons. The fourth-order valence-electron chi connectivity index (χ4n) is 1.54. The molecule has 2 aromatic heterocycles. The third-order valence-electron chi connectivity index (χ3n) is 2.42. The second kappa shape index (κ2) is 4.04. The van der Waals surface area contributed by atoms with E-state index in [0.29, 0.717) is 32.1 Å². The Balaban J connectivity index is 2.16. The van der Waals surface area contributed by atoms with Gasteiger partial charge in [-0.2, -0.15) is 0 Å². The van der Waals surface area contributed by atoms with Gasteiger partial charge in [0.05, 0.1) is 5.01 Å². The molecular formula is C9H10N4O2S3. The van der Waals surface area contributed by atoms with Crippen LogP contribution in [0.3, 0.4) is 0 Å². The largest absolute Gasteiger partial charge is 0.368 e. The van der Waals surface area contributed by atoms with Gasteiger partial charge in [-0.05, 0) is 12.8 Å². The Hall–Kier alpha value is -0.930. The van der Waals surface area contributed by atoms with Gasteiger partial charge >= 0.3 is 0 Å². The highest BCUT2D eigenvalue weighted by Gasteiger charge is 2.28. The van der Waals surface area contributed by atoms with Gasteiger partial charge in [0.2, 0.25) is 14.8 Å². The predicted octanol–water partition coefficient (Wildman–Crippen LogP) is 1.60. The quantitative estimate of drug-likeness (QED) is 0.679. The summed E-state index contributed by atoms with van der Waals surface area (Å²) in [5, 5.41) is 1.32. The normalized spacial score (nSPS) is 16.3. The van der Waals surface area contributed by atoms with Crippen molar-refractivity contribution < 1.29 is 8.42 Å². The van der Waals surface area contributed by atoms with E-state index in [1.807, 2.05) is 0 Å². The van der Waals surface area contributed by atoms with Crippen molar-refractivity contribution in [3.8, 4) is 0 Å². The molecule has 3 rings (SSSR count). The minimum atomic E-state index is -3.25. The van der Waals surface area contributed by atoms with Gasteiger partial charge in [0.1, 0.15) is 15.4 Å². The third kappa shape index (κ3) is 2.43. The molecule has 0 unspecified atom stereocenters. The molecule has 0 radical (unpaired) electrons. The lowest BCUT2D eigenvalue weighted by atomic mass is 10.4. The Morgan fingerprint density at radius 3 is 2.67 bits per heavy atom. The molecule has 2 heterocycles. The topological polar surface area (TPSA) is 98.8 Å². The lowest BCUT2D eigenvalue weighted by Gasteiger charge is -1.99. The average Bonchev–Trinajstić information content (AvgIpc) is 2.97. The molecule has 18 heavy (non-hydrogen) atoms. The summed E-state index contributed by atoms with van der Waals surface area (Å²) in [7, 11) is -2.57. The summed E-state index contributed by atoms with van der Waals surface area (Å²) in [4.78, 5) is 13.2. The smallest absolute Gasteiger partial charge is 0.222 e. The maximum absolute atomic E-state index is 11.3. The van der Waals surface area contributed by atoms with Crippen LogP contribution >= 0.6 is 22.1 Å². The number of nitrogens with zero attached hydrogens (tertiary/aromatic N) is 3. The number of nitrogens with two attached hydrogens (primary N) is 1. The van der Waals surface area contributed by atoms with Gasteiger partial charge in [0, 0.05) is 23.0 Å². The maximum atomic E-state index is 11.3. The van der Waals surface area contributed by atoms with Gasteiger partial charge in [-0.1, -0.05) is 11.3 Å². The first-order chi connectivity index (χ1) is 8.42. The molecule has 0 bridgehead atoms. The number of anilines is 1. The Bertz CT molecular complexity index is 721. The predicted molar refractivity (Wildman–Crippen MR) is 72.3 cm³/mol. The number of hydrogen-bond acceptors (Lipinski definition) is 8. The first-order valence-corrected chi connectivity index (χ1v) is 9.30. The SMILES string of the molecule is CS(=O)(=O)Sc1nc(N)nc2sc(C3CC3)nc12. The van der Waals surface area contributed by atoms with Crippen LogP contribution in [0.2, 0.25) is 0 Å². The van der Waals surface area contributed by atoms with Crippen LogP contribution in [0.4, 0.5) is 5.95 Å². The van der Waals surface area contributed by atoms with E-state index in [4.69, 9.17) is 5.73 Å². The van der Waals surface area contributed by atoms with E-state index >= 15 is 0 Å². The molecular weight excluding hydrogens is 292 g/mol. The number of thiazole rings is 1. The molecule has 0 aromatic carbocycles. The van der Waals surface area contributed by atoms with Crippen molar-refractivity contribution in [1.29, 1.82) is 0 Å². The Morgan fingerprint density at radius 1 is 1.33 bits per heavy atom. The molecule has 0 spiro atoms. The standard InChI is InChI=1S/C9H10N4O2S3/c1-18(14,15)17-8-5-7(12-9(10)13-8)16-6(11-5)4-2-3-4/h4H,2-3H2,1H3,(H2,10,12,13). The monoisotopic (exact) mass is 302 g/mol. The summed E-state index contributed by atoms with van der Waals surface area (Å²) >= 11 is 1.47. The minimum Gasteiger partial charge on any atom is -0.368 e. The third-order valence-corrected chi connectivity index (χ3v) is 5.66. The van der Waals surface area contributed by atoms with Gasteiger partial charge < -0.3 is 5.73 Å². The fraction of sp³-hybridized carbons (Fsp3) is 0.444. The van der Waals surface area contributed by atoms with E-state index in [0.717, 1.165) is 24.1 Å². The molecule has 1 aliphatic rings. The number of fused-ring (bicyclic) bond motifs is 1.